The molecule has 0 bridgehead atoms. The summed E-state index contributed by atoms with van der Waals surface area (Å²) in [4.78, 5) is 4.42. The normalized spacial score (nSPS) is 18.0. The lowest BCUT2D eigenvalue weighted by atomic mass is 9.92. The van der Waals surface area contributed by atoms with E-state index in [1.165, 1.54) is 22.3 Å². The topological polar surface area (TPSA) is 52.0 Å². The van der Waals surface area contributed by atoms with Crippen molar-refractivity contribution in [3.8, 4) is 16.9 Å². The van der Waals surface area contributed by atoms with E-state index in [-0.39, 0.29) is 12.1 Å². The average Bonchev–Trinajstić information content (AvgIpc) is 3.28. The SMILES string of the molecule is COc1ccc(C2CC(c3ccc(-c4ccccc4)cc3)Nc3ncnn32)cc1. The Morgan fingerprint density at radius 3 is 2.28 bits per heavy atom. The highest BCUT2D eigenvalue weighted by Gasteiger charge is 2.29. The molecule has 0 amide bonds. The summed E-state index contributed by atoms with van der Waals surface area (Å²) >= 11 is 0. The zero-order valence-electron chi connectivity index (χ0n) is 16.2. The Morgan fingerprint density at radius 1 is 0.862 bits per heavy atom. The minimum absolute atomic E-state index is 0.124. The van der Waals surface area contributed by atoms with E-state index in [1.807, 2.05) is 22.9 Å². The molecule has 0 fully saturated rings. The van der Waals surface area contributed by atoms with E-state index >= 15 is 0 Å². The highest BCUT2D eigenvalue weighted by Crippen LogP contribution is 2.38. The Kier molecular flexibility index (Phi) is 4.48. The van der Waals surface area contributed by atoms with E-state index < -0.39 is 0 Å². The molecule has 1 aliphatic heterocycles. The molecule has 0 saturated carbocycles. The number of fused-ring (bicyclic) bond motifs is 1. The van der Waals surface area contributed by atoms with E-state index in [2.05, 4.69) is 76.1 Å². The van der Waals surface area contributed by atoms with Crippen LogP contribution in [0.5, 0.6) is 5.75 Å². The minimum Gasteiger partial charge on any atom is -0.497 e. The van der Waals surface area contributed by atoms with Crippen LogP contribution in [0.25, 0.3) is 11.1 Å². The molecule has 2 atom stereocenters. The van der Waals surface area contributed by atoms with Gasteiger partial charge in [-0.25, -0.2) is 4.68 Å². The van der Waals surface area contributed by atoms with E-state index in [0.717, 1.165) is 18.1 Å². The van der Waals surface area contributed by atoms with Gasteiger partial charge in [0.25, 0.3) is 0 Å². The molecule has 4 aromatic rings. The predicted octanol–water partition coefficient (Wildman–Crippen LogP) is 5.10. The van der Waals surface area contributed by atoms with Crippen molar-refractivity contribution in [3.63, 3.8) is 0 Å². The monoisotopic (exact) mass is 382 g/mol. The maximum absolute atomic E-state index is 5.30. The summed E-state index contributed by atoms with van der Waals surface area (Å²) in [6.07, 6.45) is 2.51. The van der Waals surface area contributed by atoms with Crippen LogP contribution >= 0.6 is 0 Å². The van der Waals surface area contributed by atoms with Gasteiger partial charge in [0, 0.05) is 0 Å². The van der Waals surface area contributed by atoms with Gasteiger partial charge in [-0.15, -0.1) is 0 Å². The Morgan fingerprint density at radius 2 is 1.55 bits per heavy atom. The first kappa shape index (κ1) is 17.5. The van der Waals surface area contributed by atoms with Gasteiger partial charge in [-0.3, -0.25) is 0 Å². The largest absolute Gasteiger partial charge is 0.497 e. The maximum Gasteiger partial charge on any atom is 0.222 e. The van der Waals surface area contributed by atoms with Gasteiger partial charge in [-0.1, -0.05) is 66.7 Å². The number of hydrogen-bond donors (Lipinski definition) is 1. The molecule has 144 valence electrons. The van der Waals surface area contributed by atoms with Crippen molar-refractivity contribution in [2.45, 2.75) is 18.5 Å². The number of hydrogen-bond acceptors (Lipinski definition) is 4. The Balaban J connectivity index is 1.44. The molecule has 1 N–H and O–H groups in total. The number of rotatable bonds is 4. The summed E-state index contributed by atoms with van der Waals surface area (Å²) in [7, 11) is 1.68. The van der Waals surface area contributed by atoms with Gasteiger partial charge in [-0.05, 0) is 40.8 Å². The van der Waals surface area contributed by atoms with Crippen LogP contribution in [0, 0.1) is 0 Å². The lowest BCUT2D eigenvalue weighted by molar-refractivity contribution is 0.411. The molecule has 0 aliphatic carbocycles. The number of nitrogens with zero attached hydrogens (tertiary/aromatic N) is 3. The van der Waals surface area contributed by atoms with Crippen molar-refractivity contribution >= 4 is 5.95 Å². The molecule has 2 heterocycles. The molecule has 2 unspecified atom stereocenters. The molecular weight excluding hydrogens is 360 g/mol. The fraction of sp³-hybridized carbons (Fsp3) is 0.167. The lowest BCUT2D eigenvalue weighted by Crippen LogP contribution is -2.28. The molecule has 0 radical (unpaired) electrons. The fourth-order valence-corrected chi connectivity index (χ4v) is 3.98. The van der Waals surface area contributed by atoms with Crippen molar-refractivity contribution in [2.24, 2.45) is 0 Å². The molecule has 0 saturated heterocycles. The smallest absolute Gasteiger partial charge is 0.222 e. The molecule has 29 heavy (non-hydrogen) atoms. The van der Waals surface area contributed by atoms with Crippen molar-refractivity contribution in [1.82, 2.24) is 14.8 Å². The van der Waals surface area contributed by atoms with Gasteiger partial charge in [0.15, 0.2) is 0 Å². The molecule has 3 aromatic carbocycles. The van der Waals surface area contributed by atoms with E-state index in [4.69, 9.17) is 4.74 Å². The van der Waals surface area contributed by atoms with Crippen LogP contribution in [-0.4, -0.2) is 21.9 Å². The highest BCUT2D eigenvalue weighted by atomic mass is 16.5. The van der Waals surface area contributed by atoms with Gasteiger partial charge in [0.1, 0.15) is 12.1 Å². The predicted molar refractivity (Wildman–Crippen MR) is 114 cm³/mol. The summed E-state index contributed by atoms with van der Waals surface area (Å²) < 4.78 is 7.27. The molecule has 5 rings (SSSR count). The number of nitrogens with one attached hydrogen (secondary N) is 1. The molecule has 5 heteroatoms. The van der Waals surface area contributed by atoms with Gasteiger partial charge in [0.2, 0.25) is 5.95 Å². The van der Waals surface area contributed by atoms with Gasteiger partial charge >= 0.3 is 0 Å². The van der Waals surface area contributed by atoms with Crippen LogP contribution < -0.4 is 10.1 Å². The van der Waals surface area contributed by atoms with Crippen LogP contribution in [0.4, 0.5) is 5.95 Å². The summed E-state index contributed by atoms with van der Waals surface area (Å²) in [6.45, 7) is 0. The van der Waals surface area contributed by atoms with Crippen LogP contribution in [0.1, 0.15) is 29.6 Å². The molecule has 5 nitrogen and oxygen atoms in total. The Bertz CT molecular complexity index is 1090. The second kappa shape index (κ2) is 7.43. The number of aromatic nitrogens is 3. The third-order valence-corrected chi connectivity index (χ3v) is 5.55. The second-order valence-electron chi connectivity index (χ2n) is 7.24. The van der Waals surface area contributed by atoms with Gasteiger partial charge in [-0.2, -0.15) is 10.1 Å². The first-order valence-corrected chi connectivity index (χ1v) is 9.77. The first-order chi connectivity index (χ1) is 14.3. The van der Waals surface area contributed by atoms with Crippen LogP contribution in [-0.2, 0) is 0 Å². The molecule has 0 spiro atoms. The highest BCUT2D eigenvalue weighted by molar-refractivity contribution is 5.63. The van der Waals surface area contributed by atoms with E-state index in [1.54, 1.807) is 13.4 Å². The minimum atomic E-state index is 0.124. The second-order valence-corrected chi connectivity index (χ2v) is 7.24. The standard InChI is InChI=1S/C24H22N4O/c1-29-21-13-11-20(12-14-21)23-15-22(27-24-25-16-26-28(23)24)19-9-7-18(8-10-19)17-5-3-2-4-6-17/h2-14,16,22-23H,15H2,1H3,(H,25,26,27). The van der Waals surface area contributed by atoms with Crippen molar-refractivity contribution in [2.75, 3.05) is 12.4 Å². The molecular formula is C24H22N4O. The quantitative estimate of drug-likeness (QED) is 0.533. The first-order valence-electron chi connectivity index (χ1n) is 9.77. The number of methoxy groups -OCH3 is 1. The third kappa shape index (κ3) is 3.36. The average molecular weight is 382 g/mol. The third-order valence-electron chi connectivity index (χ3n) is 5.55. The van der Waals surface area contributed by atoms with Crippen molar-refractivity contribution < 1.29 is 4.74 Å². The van der Waals surface area contributed by atoms with Crippen molar-refractivity contribution in [3.05, 3.63) is 96.3 Å². The fourth-order valence-electron chi connectivity index (χ4n) is 3.98. The summed E-state index contributed by atoms with van der Waals surface area (Å²) in [5.41, 5.74) is 4.90. The van der Waals surface area contributed by atoms with Crippen molar-refractivity contribution in [1.29, 1.82) is 0 Å². The van der Waals surface area contributed by atoms with E-state index in [9.17, 15) is 0 Å². The molecule has 1 aromatic heterocycles. The maximum atomic E-state index is 5.30. The zero-order chi connectivity index (χ0) is 19.6. The molecule has 1 aliphatic rings. The van der Waals surface area contributed by atoms with Crippen LogP contribution in [0.15, 0.2) is 85.2 Å². The van der Waals surface area contributed by atoms with Crippen LogP contribution in [0.3, 0.4) is 0 Å². The van der Waals surface area contributed by atoms with Gasteiger partial charge < -0.3 is 10.1 Å². The van der Waals surface area contributed by atoms with Gasteiger partial charge in [0.05, 0.1) is 19.2 Å². The summed E-state index contributed by atoms with van der Waals surface area (Å²) in [6, 6.07) is 27.7. The summed E-state index contributed by atoms with van der Waals surface area (Å²) in [5.74, 6) is 1.66. The van der Waals surface area contributed by atoms with E-state index in [0.29, 0.717) is 0 Å². The Labute approximate surface area is 170 Å². The zero-order valence-corrected chi connectivity index (χ0v) is 16.2. The number of ether oxygens (including phenoxy) is 1. The number of benzene rings is 3. The lowest BCUT2D eigenvalue weighted by Gasteiger charge is -2.32. The van der Waals surface area contributed by atoms with Crippen LogP contribution in [0.2, 0.25) is 0 Å². The Hall–Kier alpha value is -3.60. The summed E-state index contributed by atoms with van der Waals surface area (Å²) in [5, 5.41) is 7.99. The number of anilines is 1.